The van der Waals surface area contributed by atoms with Gasteiger partial charge in [-0.3, -0.25) is 0 Å². The molecular weight excluding hydrogens is 282 g/mol. The Morgan fingerprint density at radius 3 is 2.95 bits per heavy atom. The van der Waals surface area contributed by atoms with Gasteiger partial charge in [-0.05, 0) is 24.6 Å². The van der Waals surface area contributed by atoms with Crippen molar-refractivity contribution in [3.8, 4) is 5.69 Å². The van der Waals surface area contributed by atoms with Crippen LogP contribution in [0.15, 0.2) is 42.0 Å². The normalized spacial score (nSPS) is 10.9. The maximum Gasteiger partial charge on any atom is 0.180 e. The molecule has 1 aromatic carbocycles. The highest BCUT2D eigenvalue weighted by Gasteiger charge is 2.06. The minimum Gasteiger partial charge on any atom is -0.375 e. The molecule has 3 rings (SSSR count). The quantitative estimate of drug-likeness (QED) is 0.759. The topological polar surface area (TPSA) is 68.8 Å². The van der Waals surface area contributed by atoms with Gasteiger partial charge < -0.3 is 11.1 Å². The zero-order valence-electron chi connectivity index (χ0n) is 11.8. The third kappa shape index (κ3) is 3.29. The first kappa shape index (κ1) is 13.8. The van der Waals surface area contributed by atoms with Gasteiger partial charge in [0.15, 0.2) is 5.13 Å². The molecule has 2 aromatic heterocycles. The molecular formula is C15H17N5S. The van der Waals surface area contributed by atoms with Gasteiger partial charge in [-0.25, -0.2) is 9.67 Å². The number of thiazole rings is 1. The van der Waals surface area contributed by atoms with E-state index in [1.807, 2.05) is 22.3 Å². The van der Waals surface area contributed by atoms with Crippen molar-refractivity contribution in [3.63, 3.8) is 0 Å². The van der Waals surface area contributed by atoms with Crippen molar-refractivity contribution < 1.29 is 0 Å². The fourth-order valence-corrected chi connectivity index (χ4v) is 2.78. The maximum atomic E-state index is 5.64. The highest BCUT2D eigenvalue weighted by molar-refractivity contribution is 7.13. The van der Waals surface area contributed by atoms with E-state index in [4.69, 9.17) is 5.73 Å². The summed E-state index contributed by atoms with van der Waals surface area (Å²) in [5.41, 5.74) is 10.2. The van der Waals surface area contributed by atoms with Gasteiger partial charge in [-0.2, -0.15) is 5.10 Å². The first-order valence-electron chi connectivity index (χ1n) is 6.72. The molecule has 0 spiro atoms. The lowest BCUT2D eigenvalue weighted by molar-refractivity contribution is 0.676. The van der Waals surface area contributed by atoms with E-state index in [2.05, 4.69) is 40.5 Å². The van der Waals surface area contributed by atoms with Crippen LogP contribution in [0.1, 0.15) is 16.8 Å². The van der Waals surface area contributed by atoms with Gasteiger partial charge in [0.25, 0.3) is 0 Å². The molecule has 2 heterocycles. The third-order valence-corrected chi connectivity index (χ3v) is 3.90. The largest absolute Gasteiger partial charge is 0.375 e. The highest BCUT2D eigenvalue weighted by Crippen LogP contribution is 2.16. The molecule has 0 atom stereocenters. The van der Waals surface area contributed by atoms with Crippen molar-refractivity contribution in [2.75, 3.05) is 5.73 Å². The van der Waals surface area contributed by atoms with Crippen LogP contribution in [0.5, 0.6) is 0 Å². The number of anilines is 1. The molecule has 21 heavy (non-hydrogen) atoms. The van der Waals surface area contributed by atoms with Gasteiger partial charge >= 0.3 is 0 Å². The van der Waals surface area contributed by atoms with Crippen LogP contribution in [0.25, 0.3) is 5.69 Å². The number of benzene rings is 1. The molecule has 6 heteroatoms. The SMILES string of the molecule is Cc1ccc(-n2cccn2)c(CNCc2csc(N)n2)c1. The van der Waals surface area contributed by atoms with Gasteiger partial charge in [0.2, 0.25) is 0 Å². The van der Waals surface area contributed by atoms with Crippen LogP contribution in [0.3, 0.4) is 0 Å². The summed E-state index contributed by atoms with van der Waals surface area (Å²) < 4.78 is 1.89. The maximum absolute atomic E-state index is 5.64. The summed E-state index contributed by atoms with van der Waals surface area (Å²) in [6, 6.07) is 8.30. The van der Waals surface area contributed by atoms with Crippen LogP contribution in [0.2, 0.25) is 0 Å². The Hall–Kier alpha value is -2.18. The standard InChI is InChI=1S/C15H17N5S/c1-11-3-4-14(20-6-2-5-18-20)12(7-11)8-17-9-13-10-21-15(16)19-13/h2-7,10,17H,8-9H2,1H3,(H2,16,19). The lowest BCUT2D eigenvalue weighted by Crippen LogP contribution is -2.15. The van der Waals surface area contributed by atoms with Gasteiger partial charge in [0.1, 0.15) is 0 Å². The Bertz CT molecular complexity index is 718. The van der Waals surface area contributed by atoms with Crippen LogP contribution in [0.4, 0.5) is 5.13 Å². The first-order chi connectivity index (χ1) is 10.2. The molecule has 0 bridgehead atoms. The summed E-state index contributed by atoms with van der Waals surface area (Å²) in [6.45, 7) is 3.56. The van der Waals surface area contributed by atoms with Gasteiger partial charge in [-0.1, -0.05) is 17.7 Å². The number of hydrogen-bond acceptors (Lipinski definition) is 5. The van der Waals surface area contributed by atoms with E-state index in [-0.39, 0.29) is 0 Å². The van der Waals surface area contributed by atoms with E-state index in [1.165, 1.54) is 22.5 Å². The van der Waals surface area contributed by atoms with Crippen LogP contribution >= 0.6 is 11.3 Å². The van der Waals surface area contributed by atoms with E-state index in [1.54, 1.807) is 6.20 Å². The number of aryl methyl sites for hydroxylation is 1. The molecule has 108 valence electrons. The van der Waals surface area contributed by atoms with Gasteiger partial charge in [0, 0.05) is 30.9 Å². The van der Waals surface area contributed by atoms with Crippen molar-refractivity contribution in [2.24, 2.45) is 0 Å². The minimum atomic E-state index is 0.611. The van der Waals surface area contributed by atoms with Gasteiger partial charge in [-0.15, -0.1) is 11.3 Å². The number of nitrogens with two attached hydrogens (primary N) is 1. The Morgan fingerprint density at radius 1 is 1.33 bits per heavy atom. The second-order valence-corrected chi connectivity index (χ2v) is 5.75. The Balaban J connectivity index is 1.73. The van der Waals surface area contributed by atoms with Crippen molar-refractivity contribution in [3.05, 3.63) is 58.9 Å². The summed E-state index contributed by atoms with van der Waals surface area (Å²) in [6.07, 6.45) is 3.74. The lowest BCUT2D eigenvalue weighted by Gasteiger charge is -2.11. The monoisotopic (exact) mass is 299 g/mol. The summed E-state index contributed by atoms with van der Waals surface area (Å²) in [7, 11) is 0. The highest BCUT2D eigenvalue weighted by atomic mass is 32.1. The van der Waals surface area contributed by atoms with Crippen molar-refractivity contribution in [1.29, 1.82) is 0 Å². The number of rotatable bonds is 5. The molecule has 0 saturated heterocycles. The van der Waals surface area contributed by atoms with E-state index >= 15 is 0 Å². The number of nitrogens with one attached hydrogen (secondary N) is 1. The molecule has 0 radical (unpaired) electrons. The molecule has 0 aliphatic heterocycles. The third-order valence-electron chi connectivity index (χ3n) is 3.18. The zero-order chi connectivity index (χ0) is 14.7. The second-order valence-electron chi connectivity index (χ2n) is 4.86. The zero-order valence-corrected chi connectivity index (χ0v) is 12.6. The van der Waals surface area contributed by atoms with E-state index < -0.39 is 0 Å². The van der Waals surface area contributed by atoms with E-state index in [9.17, 15) is 0 Å². The Kier molecular flexibility index (Phi) is 3.98. The summed E-state index contributed by atoms with van der Waals surface area (Å²) in [4.78, 5) is 4.25. The summed E-state index contributed by atoms with van der Waals surface area (Å²) in [5.74, 6) is 0. The summed E-state index contributed by atoms with van der Waals surface area (Å²) in [5, 5.41) is 10.3. The molecule has 0 aliphatic rings. The predicted molar refractivity (Wildman–Crippen MR) is 85.4 cm³/mol. The van der Waals surface area contributed by atoms with Crippen LogP contribution in [-0.2, 0) is 13.1 Å². The molecule has 3 N–H and O–H groups in total. The fourth-order valence-electron chi connectivity index (χ4n) is 2.22. The van der Waals surface area contributed by atoms with Crippen molar-refractivity contribution >= 4 is 16.5 Å². The first-order valence-corrected chi connectivity index (χ1v) is 7.60. The van der Waals surface area contributed by atoms with E-state index in [0.717, 1.165) is 17.9 Å². The molecule has 5 nitrogen and oxygen atoms in total. The second kappa shape index (κ2) is 6.07. The van der Waals surface area contributed by atoms with Gasteiger partial charge in [0.05, 0.1) is 11.4 Å². The molecule has 0 fully saturated rings. The van der Waals surface area contributed by atoms with Crippen LogP contribution in [0, 0.1) is 6.92 Å². The number of nitrogen functional groups attached to an aromatic ring is 1. The predicted octanol–water partition coefficient (Wildman–Crippen LogP) is 2.51. The lowest BCUT2D eigenvalue weighted by atomic mass is 10.1. The smallest absolute Gasteiger partial charge is 0.180 e. The fraction of sp³-hybridized carbons (Fsp3) is 0.200. The molecule has 0 unspecified atom stereocenters. The summed E-state index contributed by atoms with van der Waals surface area (Å²) >= 11 is 1.47. The van der Waals surface area contributed by atoms with Crippen LogP contribution < -0.4 is 11.1 Å². The average Bonchev–Trinajstić information content (AvgIpc) is 3.11. The Labute approximate surface area is 127 Å². The average molecular weight is 299 g/mol. The number of nitrogens with zero attached hydrogens (tertiary/aromatic N) is 3. The number of hydrogen-bond donors (Lipinski definition) is 2. The molecule has 0 saturated carbocycles. The molecule has 0 amide bonds. The molecule has 3 aromatic rings. The van der Waals surface area contributed by atoms with Crippen molar-refractivity contribution in [1.82, 2.24) is 20.1 Å². The van der Waals surface area contributed by atoms with Crippen LogP contribution in [-0.4, -0.2) is 14.8 Å². The minimum absolute atomic E-state index is 0.611. The van der Waals surface area contributed by atoms with Crippen molar-refractivity contribution in [2.45, 2.75) is 20.0 Å². The Morgan fingerprint density at radius 2 is 2.24 bits per heavy atom. The number of aromatic nitrogens is 3. The molecule has 0 aliphatic carbocycles. The van der Waals surface area contributed by atoms with E-state index in [0.29, 0.717) is 11.7 Å².